The van der Waals surface area contributed by atoms with E-state index in [-0.39, 0.29) is 17.4 Å². The second kappa shape index (κ2) is 5.46. The number of amides is 1. The van der Waals surface area contributed by atoms with Gasteiger partial charge in [0.25, 0.3) is 0 Å². The van der Waals surface area contributed by atoms with Crippen molar-refractivity contribution < 1.29 is 9.18 Å². The van der Waals surface area contributed by atoms with Crippen LogP contribution < -0.4 is 5.32 Å². The number of rotatable bonds is 3. The SMILES string of the molecule is Cc1cn2c(CC(=O)Nc3ccc(F)c(Cl)c3)csc2n1. The van der Waals surface area contributed by atoms with E-state index in [1.165, 1.54) is 29.5 Å². The van der Waals surface area contributed by atoms with Gasteiger partial charge in [-0.3, -0.25) is 9.20 Å². The Morgan fingerprint density at radius 3 is 3.10 bits per heavy atom. The average molecular weight is 324 g/mol. The minimum atomic E-state index is -0.511. The Morgan fingerprint density at radius 2 is 2.33 bits per heavy atom. The van der Waals surface area contributed by atoms with Crippen molar-refractivity contribution in [2.24, 2.45) is 0 Å². The summed E-state index contributed by atoms with van der Waals surface area (Å²) in [4.78, 5) is 17.2. The number of carbonyl (C=O) groups is 1. The summed E-state index contributed by atoms with van der Waals surface area (Å²) in [5, 5.41) is 4.58. The summed E-state index contributed by atoms with van der Waals surface area (Å²) in [6.07, 6.45) is 2.11. The number of anilines is 1. The number of thiazole rings is 1. The minimum absolute atomic E-state index is 0.0176. The van der Waals surface area contributed by atoms with Crippen molar-refractivity contribution in [2.75, 3.05) is 5.32 Å². The normalized spacial score (nSPS) is 11.0. The van der Waals surface area contributed by atoms with Crippen LogP contribution in [0, 0.1) is 12.7 Å². The molecule has 0 saturated heterocycles. The van der Waals surface area contributed by atoms with Gasteiger partial charge in [-0.2, -0.15) is 0 Å². The number of aryl methyl sites for hydroxylation is 1. The molecule has 1 amide bonds. The molecule has 7 heteroatoms. The monoisotopic (exact) mass is 323 g/mol. The Bertz CT molecular complexity index is 827. The summed E-state index contributed by atoms with van der Waals surface area (Å²) >= 11 is 7.17. The fourth-order valence-corrected chi connectivity index (χ4v) is 3.11. The smallest absolute Gasteiger partial charge is 0.230 e. The molecular weight excluding hydrogens is 313 g/mol. The number of imidazole rings is 1. The molecule has 0 aliphatic rings. The number of nitrogens with one attached hydrogen (secondary N) is 1. The second-order valence-corrected chi connectivity index (χ2v) is 5.86. The lowest BCUT2D eigenvalue weighted by Crippen LogP contribution is -2.15. The van der Waals surface area contributed by atoms with Crippen LogP contribution >= 0.6 is 22.9 Å². The van der Waals surface area contributed by atoms with E-state index < -0.39 is 5.82 Å². The van der Waals surface area contributed by atoms with Gasteiger partial charge in [-0.1, -0.05) is 11.6 Å². The molecule has 0 spiro atoms. The predicted molar refractivity (Wildman–Crippen MR) is 81.5 cm³/mol. The number of hydrogen-bond donors (Lipinski definition) is 1. The van der Waals surface area contributed by atoms with Crippen molar-refractivity contribution in [3.63, 3.8) is 0 Å². The van der Waals surface area contributed by atoms with Gasteiger partial charge in [0, 0.05) is 23.0 Å². The summed E-state index contributed by atoms with van der Waals surface area (Å²) in [6.45, 7) is 1.91. The molecule has 0 aliphatic carbocycles. The zero-order valence-corrected chi connectivity index (χ0v) is 12.6. The third-order valence-electron chi connectivity index (χ3n) is 2.95. The van der Waals surface area contributed by atoms with Crippen molar-refractivity contribution in [1.82, 2.24) is 9.38 Å². The molecule has 2 heterocycles. The molecule has 0 atom stereocenters. The van der Waals surface area contributed by atoms with Gasteiger partial charge in [0.1, 0.15) is 5.82 Å². The summed E-state index contributed by atoms with van der Waals surface area (Å²) in [7, 11) is 0. The fourth-order valence-electron chi connectivity index (χ4n) is 2.01. The van der Waals surface area contributed by atoms with Gasteiger partial charge in [0.2, 0.25) is 5.91 Å². The molecule has 2 aromatic heterocycles. The largest absolute Gasteiger partial charge is 0.326 e. The van der Waals surface area contributed by atoms with Crippen molar-refractivity contribution in [2.45, 2.75) is 13.3 Å². The third kappa shape index (κ3) is 2.91. The Balaban J connectivity index is 1.75. The molecule has 1 N–H and O–H groups in total. The van der Waals surface area contributed by atoms with E-state index in [2.05, 4.69) is 10.3 Å². The molecule has 1 aromatic carbocycles. The Labute approximate surface area is 129 Å². The maximum Gasteiger partial charge on any atom is 0.230 e. The Morgan fingerprint density at radius 1 is 1.52 bits per heavy atom. The van der Waals surface area contributed by atoms with Gasteiger partial charge in [0.15, 0.2) is 4.96 Å². The van der Waals surface area contributed by atoms with Crippen LogP contribution in [-0.4, -0.2) is 15.3 Å². The molecule has 3 rings (SSSR count). The molecule has 4 nitrogen and oxygen atoms in total. The van der Waals surface area contributed by atoms with Crippen LogP contribution in [0.3, 0.4) is 0 Å². The topological polar surface area (TPSA) is 46.4 Å². The van der Waals surface area contributed by atoms with Gasteiger partial charge >= 0.3 is 0 Å². The number of halogens is 2. The molecule has 0 radical (unpaired) electrons. The van der Waals surface area contributed by atoms with Crippen LogP contribution in [0.1, 0.15) is 11.4 Å². The standard InChI is InChI=1S/C14H11ClFN3OS/c1-8-6-19-10(7-21-14(19)17-8)5-13(20)18-9-2-3-12(16)11(15)4-9/h2-4,6-7H,5H2,1H3,(H,18,20). The van der Waals surface area contributed by atoms with Crippen molar-refractivity contribution in [3.05, 3.63) is 52.0 Å². The zero-order valence-electron chi connectivity index (χ0n) is 11.1. The van der Waals surface area contributed by atoms with Gasteiger partial charge in [0.05, 0.1) is 17.1 Å². The van der Waals surface area contributed by atoms with Crippen molar-refractivity contribution in [3.8, 4) is 0 Å². The number of nitrogens with zero attached hydrogens (tertiary/aromatic N) is 2. The van der Waals surface area contributed by atoms with E-state index in [1.807, 2.05) is 22.9 Å². The fraction of sp³-hybridized carbons (Fsp3) is 0.143. The molecule has 0 aliphatic heterocycles. The summed E-state index contributed by atoms with van der Waals surface area (Å²) in [6, 6.07) is 4.09. The summed E-state index contributed by atoms with van der Waals surface area (Å²) < 4.78 is 15.0. The van der Waals surface area contributed by atoms with Crippen LogP contribution in [0.2, 0.25) is 5.02 Å². The highest BCUT2D eigenvalue weighted by Crippen LogP contribution is 2.20. The minimum Gasteiger partial charge on any atom is -0.326 e. The van der Waals surface area contributed by atoms with Gasteiger partial charge in [-0.15, -0.1) is 11.3 Å². The molecule has 0 unspecified atom stereocenters. The first-order valence-electron chi connectivity index (χ1n) is 6.20. The highest BCUT2D eigenvalue weighted by atomic mass is 35.5. The van der Waals surface area contributed by atoms with E-state index in [0.717, 1.165) is 16.3 Å². The lowest BCUT2D eigenvalue weighted by Gasteiger charge is -2.05. The van der Waals surface area contributed by atoms with E-state index >= 15 is 0 Å². The molecule has 108 valence electrons. The first-order chi connectivity index (χ1) is 10.0. The zero-order chi connectivity index (χ0) is 15.0. The Kier molecular flexibility index (Phi) is 3.65. The lowest BCUT2D eigenvalue weighted by molar-refractivity contribution is -0.115. The first-order valence-corrected chi connectivity index (χ1v) is 7.45. The molecular formula is C14H11ClFN3OS. The number of benzene rings is 1. The van der Waals surface area contributed by atoms with E-state index in [9.17, 15) is 9.18 Å². The predicted octanol–water partition coefficient (Wildman–Crippen LogP) is 3.68. The van der Waals surface area contributed by atoms with E-state index in [1.54, 1.807) is 0 Å². The van der Waals surface area contributed by atoms with Crippen molar-refractivity contribution >= 4 is 39.5 Å². The Hall–Kier alpha value is -1.92. The molecule has 0 fully saturated rings. The third-order valence-corrected chi connectivity index (χ3v) is 4.13. The summed E-state index contributed by atoms with van der Waals surface area (Å²) in [5.74, 6) is -0.702. The first kappa shape index (κ1) is 14.0. The van der Waals surface area contributed by atoms with Gasteiger partial charge in [-0.25, -0.2) is 9.37 Å². The molecule has 3 aromatic rings. The number of aromatic nitrogens is 2. The molecule has 0 saturated carbocycles. The van der Waals surface area contributed by atoms with E-state index in [0.29, 0.717) is 5.69 Å². The maximum absolute atomic E-state index is 13.1. The highest BCUT2D eigenvalue weighted by Gasteiger charge is 2.11. The van der Waals surface area contributed by atoms with Gasteiger partial charge in [-0.05, 0) is 25.1 Å². The van der Waals surface area contributed by atoms with Crippen LogP contribution in [0.4, 0.5) is 10.1 Å². The molecule has 21 heavy (non-hydrogen) atoms. The number of hydrogen-bond acceptors (Lipinski definition) is 3. The van der Waals surface area contributed by atoms with Crippen LogP contribution in [-0.2, 0) is 11.2 Å². The lowest BCUT2D eigenvalue weighted by atomic mass is 10.2. The average Bonchev–Trinajstić information content (AvgIpc) is 2.95. The maximum atomic E-state index is 13.1. The van der Waals surface area contributed by atoms with Crippen LogP contribution in [0.15, 0.2) is 29.8 Å². The van der Waals surface area contributed by atoms with Crippen LogP contribution in [0.25, 0.3) is 4.96 Å². The number of carbonyl (C=O) groups excluding carboxylic acids is 1. The summed E-state index contributed by atoms with van der Waals surface area (Å²) in [5.41, 5.74) is 2.25. The number of fused-ring (bicyclic) bond motifs is 1. The quantitative estimate of drug-likeness (QED) is 0.799. The van der Waals surface area contributed by atoms with Crippen LogP contribution in [0.5, 0.6) is 0 Å². The van der Waals surface area contributed by atoms with Gasteiger partial charge < -0.3 is 5.32 Å². The molecule has 0 bridgehead atoms. The van der Waals surface area contributed by atoms with E-state index in [4.69, 9.17) is 11.6 Å². The van der Waals surface area contributed by atoms with Crippen molar-refractivity contribution in [1.29, 1.82) is 0 Å². The second-order valence-electron chi connectivity index (χ2n) is 4.62. The highest BCUT2D eigenvalue weighted by molar-refractivity contribution is 7.15.